The highest BCUT2D eigenvalue weighted by molar-refractivity contribution is 8.15. The van der Waals surface area contributed by atoms with Crippen molar-refractivity contribution in [1.29, 1.82) is 0 Å². The zero-order chi connectivity index (χ0) is 18.3. The molecule has 24 heavy (non-hydrogen) atoms. The van der Waals surface area contributed by atoms with Crippen LogP contribution >= 0.6 is 23.5 Å². The van der Waals surface area contributed by atoms with Gasteiger partial charge in [-0.15, -0.1) is 11.8 Å². The van der Waals surface area contributed by atoms with E-state index in [9.17, 15) is 14.4 Å². The summed E-state index contributed by atoms with van der Waals surface area (Å²) in [6, 6.07) is -0.474. The number of esters is 1. The van der Waals surface area contributed by atoms with Crippen LogP contribution in [0.4, 0.5) is 0 Å². The number of hydrogen-bond acceptors (Lipinski definition) is 6. The molecule has 3 atom stereocenters. The van der Waals surface area contributed by atoms with E-state index in [0.29, 0.717) is 0 Å². The summed E-state index contributed by atoms with van der Waals surface area (Å²) >= 11 is 2.72. The zero-order valence-electron chi connectivity index (χ0n) is 15.3. The van der Waals surface area contributed by atoms with Crippen LogP contribution in [0.1, 0.15) is 60.8 Å². The smallest absolute Gasteiger partial charge is 0.304 e. The number of hydrogen-bond donors (Lipinski definition) is 0. The van der Waals surface area contributed by atoms with E-state index < -0.39 is 16.9 Å². The van der Waals surface area contributed by atoms with Crippen LogP contribution < -0.4 is 0 Å². The van der Waals surface area contributed by atoms with Crippen molar-refractivity contribution >= 4 is 40.5 Å². The highest BCUT2D eigenvalue weighted by atomic mass is 32.2. The Labute approximate surface area is 152 Å². The van der Waals surface area contributed by atoms with Gasteiger partial charge in [-0.1, -0.05) is 19.8 Å². The van der Waals surface area contributed by atoms with Gasteiger partial charge in [0.1, 0.15) is 6.04 Å². The van der Waals surface area contributed by atoms with Crippen molar-refractivity contribution in [2.75, 3.05) is 0 Å². The highest BCUT2D eigenvalue weighted by Crippen LogP contribution is 2.55. The van der Waals surface area contributed by atoms with E-state index >= 15 is 0 Å². The summed E-state index contributed by atoms with van der Waals surface area (Å²) in [5.41, 5.74) is 0. The second-order valence-electron chi connectivity index (χ2n) is 7.42. The molecule has 0 radical (unpaired) electrons. The third kappa shape index (κ3) is 3.77. The molecule has 0 aromatic rings. The van der Waals surface area contributed by atoms with Crippen molar-refractivity contribution in [2.24, 2.45) is 5.92 Å². The summed E-state index contributed by atoms with van der Waals surface area (Å²) in [5, 5.41) is -0.00557. The Kier molecular flexibility index (Phi) is 5.65. The molecule has 0 saturated carbocycles. The molecule has 0 bridgehead atoms. The molecule has 136 valence electrons. The molecule has 0 spiro atoms. The van der Waals surface area contributed by atoms with Crippen molar-refractivity contribution in [2.45, 2.75) is 81.9 Å². The summed E-state index contributed by atoms with van der Waals surface area (Å²) in [4.78, 5) is 37.5. The van der Waals surface area contributed by atoms with Crippen molar-refractivity contribution < 1.29 is 19.1 Å². The predicted molar refractivity (Wildman–Crippen MR) is 97.6 cm³/mol. The van der Waals surface area contributed by atoms with E-state index in [0.717, 1.165) is 31.0 Å². The Morgan fingerprint density at radius 2 is 2.00 bits per heavy atom. The van der Waals surface area contributed by atoms with Crippen LogP contribution in [0.3, 0.4) is 0 Å². The van der Waals surface area contributed by atoms with Crippen LogP contribution in [0.25, 0.3) is 0 Å². The summed E-state index contributed by atoms with van der Waals surface area (Å²) < 4.78 is 4.87. The molecule has 0 aliphatic carbocycles. The lowest BCUT2D eigenvalue weighted by Crippen LogP contribution is -2.62. The summed E-state index contributed by atoms with van der Waals surface area (Å²) in [7, 11) is 0. The molecule has 2 aliphatic heterocycles. The number of carbonyl (C=O) groups excluding carboxylic acids is 3. The van der Waals surface area contributed by atoms with Gasteiger partial charge in [0.15, 0.2) is 4.93 Å². The molecule has 2 rings (SSSR count). The number of fused-ring (bicyclic) bond motifs is 1. The molecule has 2 aliphatic rings. The molecule has 0 N–H and O–H groups in total. The zero-order valence-corrected chi connectivity index (χ0v) is 16.9. The third-order valence-electron chi connectivity index (χ3n) is 4.38. The van der Waals surface area contributed by atoms with Crippen molar-refractivity contribution in [1.82, 2.24) is 4.90 Å². The summed E-state index contributed by atoms with van der Waals surface area (Å²) in [6.45, 7) is 10.9. The number of nitrogens with zero attached hydrogens (tertiary/aromatic N) is 1. The quantitative estimate of drug-likeness (QED) is 0.404. The van der Waals surface area contributed by atoms with Gasteiger partial charge in [-0.2, -0.15) is 0 Å². The minimum atomic E-state index is -0.933. The van der Waals surface area contributed by atoms with Gasteiger partial charge in [0.05, 0.1) is 11.3 Å². The van der Waals surface area contributed by atoms with Gasteiger partial charge in [0.25, 0.3) is 0 Å². The lowest BCUT2D eigenvalue weighted by Gasteiger charge is -2.44. The van der Waals surface area contributed by atoms with E-state index in [1.165, 1.54) is 6.92 Å². The average molecular weight is 374 g/mol. The van der Waals surface area contributed by atoms with Gasteiger partial charge in [0, 0.05) is 11.7 Å². The van der Waals surface area contributed by atoms with Gasteiger partial charge < -0.3 is 9.64 Å². The Morgan fingerprint density at radius 3 is 2.54 bits per heavy atom. The number of β-lactam (4-membered cyclic amide) rings is 1. The summed E-state index contributed by atoms with van der Waals surface area (Å²) in [5.74, 6) is -0.285. The van der Waals surface area contributed by atoms with E-state index in [1.54, 1.807) is 30.5 Å². The van der Waals surface area contributed by atoms with E-state index in [1.807, 2.05) is 13.8 Å². The predicted octanol–water partition coefficient (Wildman–Crippen LogP) is 3.41. The first-order valence-corrected chi connectivity index (χ1v) is 10.1. The molecule has 0 aromatic heterocycles. The van der Waals surface area contributed by atoms with Gasteiger partial charge >= 0.3 is 5.97 Å². The monoisotopic (exact) mass is 373 g/mol. The number of thioether (sulfide) groups is 2. The molecule has 5 nitrogen and oxygen atoms in total. The largest absolute Gasteiger partial charge is 0.448 e. The van der Waals surface area contributed by atoms with Gasteiger partial charge in [-0.25, -0.2) is 0 Å². The fourth-order valence-corrected chi connectivity index (χ4v) is 6.39. The fourth-order valence-electron chi connectivity index (χ4n) is 3.43. The first-order chi connectivity index (χ1) is 11.0. The second kappa shape index (κ2) is 6.90. The maximum absolute atomic E-state index is 12.9. The Balaban J connectivity index is 2.11. The van der Waals surface area contributed by atoms with E-state index in [-0.39, 0.29) is 27.1 Å². The van der Waals surface area contributed by atoms with Crippen molar-refractivity contribution in [3.63, 3.8) is 0 Å². The molecule has 7 heteroatoms. The Bertz CT molecular complexity index is 547. The lowest BCUT2D eigenvalue weighted by atomic mass is 9.89. The van der Waals surface area contributed by atoms with Crippen LogP contribution in [-0.4, -0.2) is 43.0 Å². The maximum atomic E-state index is 12.9. The number of amides is 1. The first kappa shape index (κ1) is 19.6. The average Bonchev–Trinajstić information content (AvgIpc) is 2.65. The van der Waals surface area contributed by atoms with Crippen molar-refractivity contribution in [3.8, 4) is 0 Å². The molecule has 2 saturated heterocycles. The molecular formula is C17H27NO4S2. The van der Waals surface area contributed by atoms with Crippen LogP contribution in [0.5, 0.6) is 0 Å². The minimum Gasteiger partial charge on any atom is -0.448 e. The SMILES string of the molecule is CCCC[C@@H]1C(=O)N2[C@@H]1SC(C)(C)[C@@H]2C(=O)SC(C)(C)OC(C)=O. The standard InChI is InChI=1S/C17H27NO4S2/c1-7-8-9-11-13(20)18-12(16(3,4)23-14(11)18)15(21)24-17(5,6)22-10(2)19/h11-12,14H,7-9H2,1-6H3/t11-,12+,14-/m1/s1. The molecule has 0 aromatic carbocycles. The highest BCUT2D eigenvalue weighted by Gasteiger charge is 2.63. The minimum absolute atomic E-state index is 0.0403. The van der Waals surface area contributed by atoms with Gasteiger partial charge in [0.2, 0.25) is 11.0 Å². The number of unbranched alkanes of at least 4 members (excludes halogenated alkanes) is 1. The Hall–Kier alpha value is -0.690. The molecule has 1 amide bonds. The molecular weight excluding hydrogens is 346 g/mol. The second-order valence-corrected chi connectivity index (χ2v) is 10.8. The molecule has 2 fully saturated rings. The fraction of sp³-hybridized carbons (Fsp3) is 0.824. The van der Waals surface area contributed by atoms with Gasteiger partial charge in [-0.05, 0) is 45.9 Å². The molecule has 0 unspecified atom stereocenters. The van der Waals surface area contributed by atoms with Crippen molar-refractivity contribution in [3.05, 3.63) is 0 Å². The number of ether oxygens (including phenoxy) is 1. The third-order valence-corrected chi connectivity index (χ3v) is 7.01. The molecule has 2 heterocycles. The topological polar surface area (TPSA) is 63.7 Å². The Morgan fingerprint density at radius 1 is 1.38 bits per heavy atom. The number of rotatable bonds is 6. The van der Waals surface area contributed by atoms with Crippen LogP contribution in [0.15, 0.2) is 0 Å². The van der Waals surface area contributed by atoms with Crippen LogP contribution in [0, 0.1) is 5.92 Å². The normalized spacial score (nSPS) is 28.3. The van der Waals surface area contributed by atoms with Crippen LogP contribution in [-0.2, 0) is 19.1 Å². The van der Waals surface area contributed by atoms with Crippen LogP contribution in [0.2, 0.25) is 0 Å². The lowest BCUT2D eigenvalue weighted by molar-refractivity contribution is -0.156. The van der Waals surface area contributed by atoms with E-state index in [4.69, 9.17) is 4.74 Å². The summed E-state index contributed by atoms with van der Waals surface area (Å²) in [6.07, 6.45) is 3.00. The number of carbonyl (C=O) groups is 3. The van der Waals surface area contributed by atoms with E-state index in [2.05, 4.69) is 6.92 Å². The maximum Gasteiger partial charge on any atom is 0.304 e. The van der Waals surface area contributed by atoms with Gasteiger partial charge in [-0.3, -0.25) is 14.4 Å². The first-order valence-electron chi connectivity index (χ1n) is 8.42.